The standard InChI is InChI=1S/C10H9O7S.C8H6O4.C8H16O2.Na/c1-4-3-5(2)7(10(13)14)8(18(15,16)17)6(4)9(11)12;9-7(10)5-2-1-3-6(4-5)8(11)12;9-5-7-1-2-8(6-10)4-3-7;/h1-2H3,(H,11,12)(H,13,14)(H,15,16,17);1-4H,(H,9,10)(H,11,12);7-10H,1-6H2;. The van der Waals surface area contributed by atoms with Crippen molar-refractivity contribution >= 4 is 64.7 Å². The molecule has 0 atom stereocenters. The van der Waals surface area contributed by atoms with E-state index in [0.717, 1.165) is 31.7 Å². The second kappa shape index (κ2) is 16.0. The molecule has 41 heavy (non-hydrogen) atoms. The van der Waals surface area contributed by atoms with E-state index in [1.54, 1.807) is 0 Å². The summed E-state index contributed by atoms with van der Waals surface area (Å²) in [6.07, 6.45) is 4.40. The monoisotopic (exact) mass is 606 g/mol. The van der Waals surface area contributed by atoms with Gasteiger partial charge in [0.05, 0.1) is 11.1 Å². The molecule has 0 saturated heterocycles. The fourth-order valence-corrected chi connectivity index (χ4v) is 5.77. The molecule has 1 saturated carbocycles. The van der Waals surface area contributed by atoms with Crippen LogP contribution in [0.3, 0.4) is 0 Å². The predicted octanol–water partition coefficient (Wildman–Crippen LogP) is 1.60. The molecule has 220 valence electrons. The first-order valence-corrected chi connectivity index (χ1v) is 14.8. The molecule has 15 heteroatoms. The number of hydrogen-bond donors (Lipinski definition) is 7. The minimum Gasteiger partial charge on any atom is -0.478 e. The third-order valence-corrected chi connectivity index (χ3v) is 9.28. The first-order valence-electron chi connectivity index (χ1n) is 12.3. The molecule has 0 radical (unpaired) electrons. The van der Waals surface area contributed by atoms with Gasteiger partial charge in [-0.2, -0.15) is 0 Å². The third-order valence-electron chi connectivity index (χ3n) is 6.85. The fraction of sp³-hybridized carbons (Fsp3) is 0.385. The van der Waals surface area contributed by atoms with Crippen molar-refractivity contribution in [3.8, 4) is 0 Å². The Balaban J connectivity index is 0.000000328. The topological polar surface area (TPSA) is 244 Å². The predicted molar refractivity (Wildman–Crippen MR) is 145 cm³/mol. The van der Waals surface area contributed by atoms with Crippen LogP contribution in [0.1, 0.15) is 78.2 Å². The second-order valence-corrected chi connectivity index (χ2v) is 11.8. The molecule has 1 aliphatic rings. The summed E-state index contributed by atoms with van der Waals surface area (Å²) >= 11 is 0.349. The van der Waals surface area contributed by atoms with Gasteiger partial charge in [-0.3, -0.25) is 0 Å². The Morgan fingerprint density at radius 2 is 1.10 bits per heavy atom. The smallest absolute Gasteiger partial charge is 0.335 e. The number of benzene rings is 2. The van der Waals surface area contributed by atoms with Gasteiger partial charge >= 0.3 is 139 Å². The Bertz CT molecular complexity index is 1310. The largest absolute Gasteiger partial charge is 0.478 e. The number of aliphatic hydroxyl groups excluding tert-OH is 2. The minimum absolute atomic E-state index is 0.0186. The molecule has 1 aliphatic carbocycles. The molecular weight excluding hydrogens is 575 g/mol. The summed E-state index contributed by atoms with van der Waals surface area (Å²) < 4.78 is 32.3. The molecule has 3 rings (SSSR count). The molecule has 0 unspecified atom stereocenters. The van der Waals surface area contributed by atoms with E-state index in [0.29, 0.717) is 55.8 Å². The van der Waals surface area contributed by atoms with Crippen molar-refractivity contribution in [2.24, 2.45) is 11.8 Å². The summed E-state index contributed by atoms with van der Waals surface area (Å²) in [6, 6.07) is 5.20. The average molecular weight is 607 g/mol. The van der Waals surface area contributed by atoms with Gasteiger partial charge in [0.15, 0.2) is 0 Å². The van der Waals surface area contributed by atoms with E-state index >= 15 is 0 Å². The Kier molecular flexibility index (Phi) is 14.1. The fourth-order valence-electron chi connectivity index (χ4n) is 4.28. The van der Waals surface area contributed by atoms with Gasteiger partial charge in [-0.1, -0.05) is 6.07 Å². The van der Waals surface area contributed by atoms with Crippen LogP contribution in [0.25, 0.3) is 0 Å². The maximum Gasteiger partial charge on any atom is 0.335 e. The van der Waals surface area contributed by atoms with Crippen molar-refractivity contribution in [3.05, 3.63) is 57.6 Å². The summed E-state index contributed by atoms with van der Waals surface area (Å²) in [4.78, 5) is 42.1. The van der Waals surface area contributed by atoms with Gasteiger partial charge in [-0.25, -0.2) is 9.59 Å². The molecule has 7 N–H and O–H groups in total. The molecule has 1 fully saturated rings. The number of carboxylic acid groups (broad SMARTS) is 4. The molecule has 2 aromatic carbocycles. The average Bonchev–Trinajstić information content (AvgIpc) is 2.91. The molecule has 0 aromatic heterocycles. The first kappa shape index (κ1) is 36.2. The van der Waals surface area contributed by atoms with Gasteiger partial charge in [-0.05, 0) is 55.7 Å². The summed E-state index contributed by atoms with van der Waals surface area (Å²) in [7, 11) is -4.96. The van der Waals surface area contributed by atoms with Crippen molar-refractivity contribution in [2.45, 2.75) is 44.4 Å². The number of aromatic carboxylic acids is 4. The summed E-state index contributed by atoms with van der Waals surface area (Å²) in [5.74, 6) is -4.41. The van der Waals surface area contributed by atoms with Crippen LogP contribution in [0.2, 0.25) is 0 Å². The Morgan fingerprint density at radius 3 is 1.34 bits per heavy atom. The van der Waals surface area contributed by atoms with Gasteiger partial charge in [0.1, 0.15) is 0 Å². The minimum atomic E-state index is -4.96. The number of carbonyl (C=O) groups is 4. The summed E-state index contributed by atoms with van der Waals surface area (Å²) in [5.41, 5.74) is -1.08. The molecule has 0 spiro atoms. The zero-order valence-corrected chi connectivity index (χ0v) is 25.5. The van der Waals surface area contributed by atoms with Crippen molar-refractivity contribution < 1.29 is 62.8 Å². The van der Waals surface area contributed by atoms with Gasteiger partial charge in [0.2, 0.25) is 0 Å². The van der Waals surface area contributed by atoms with Gasteiger partial charge in [-0.15, -0.1) is 0 Å². The zero-order valence-electron chi connectivity index (χ0n) is 22.7. The molecule has 0 aliphatic heterocycles. The second-order valence-electron chi connectivity index (χ2n) is 9.48. The summed E-state index contributed by atoms with van der Waals surface area (Å²) in [6.45, 7) is 3.44. The van der Waals surface area contributed by atoms with Crippen molar-refractivity contribution in [2.75, 3.05) is 13.2 Å². The number of carboxylic acids is 4. The van der Waals surface area contributed by atoms with Crippen LogP contribution in [-0.4, -0.2) is 109 Å². The molecule has 13 nitrogen and oxygen atoms in total. The maximum atomic E-state index is 11.3. The molecular formula is C26H31NaO13S. The molecule has 0 bridgehead atoms. The van der Waals surface area contributed by atoms with Gasteiger partial charge in [0, 0.05) is 13.2 Å². The van der Waals surface area contributed by atoms with Crippen molar-refractivity contribution in [3.63, 3.8) is 0 Å². The Hall–Kier alpha value is -2.85. The van der Waals surface area contributed by atoms with E-state index in [9.17, 15) is 27.6 Å². The molecule has 2 aromatic rings. The van der Waals surface area contributed by atoms with Crippen molar-refractivity contribution in [1.29, 1.82) is 0 Å². The van der Waals surface area contributed by atoms with Crippen LogP contribution >= 0.6 is 0 Å². The Labute approximate surface area is 253 Å². The normalized spacial score (nSPS) is 16.4. The first-order chi connectivity index (χ1) is 19.0. The molecule has 0 heterocycles. The van der Waals surface area contributed by atoms with E-state index < -0.39 is 50.0 Å². The number of rotatable bonds is 7. The van der Waals surface area contributed by atoms with Crippen molar-refractivity contribution in [1.82, 2.24) is 0 Å². The Morgan fingerprint density at radius 1 is 0.756 bits per heavy atom. The van der Waals surface area contributed by atoms with Crippen LogP contribution < -0.4 is 2.81 Å². The van der Waals surface area contributed by atoms with E-state index in [2.05, 4.69) is 0 Å². The summed E-state index contributed by atoms with van der Waals surface area (Å²) in [5, 5.41) is 52.7. The van der Waals surface area contributed by atoms with E-state index in [-0.39, 0.29) is 22.3 Å². The van der Waals surface area contributed by atoms with Gasteiger partial charge < -0.3 is 20.4 Å². The van der Waals surface area contributed by atoms with Gasteiger partial charge in [0.25, 0.3) is 0 Å². The maximum absolute atomic E-state index is 11.3. The van der Waals surface area contributed by atoms with Crippen LogP contribution in [-0.2, 0) is 10.1 Å². The molecule has 0 amide bonds. The quantitative estimate of drug-likeness (QED) is 0.175. The van der Waals surface area contributed by atoms with E-state index in [1.165, 1.54) is 32.0 Å². The number of hydrogen-bond acceptors (Lipinski definition) is 8. The van der Waals surface area contributed by atoms with Crippen LogP contribution in [0.15, 0.2) is 29.2 Å². The van der Waals surface area contributed by atoms with E-state index in [4.69, 9.17) is 35.2 Å². The van der Waals surface area contributed by atoms with Crippen LogP contribution in [0, 0.1) is 25.7 Å². The zero-order chi connectivity index (χ0) is 31.7. The van der Waals surface area contributed by atoms with Crippen LogP contribution in [0.5, 0.6) is 0 Å². The third kappa shape index (κ3) is 10.2. The van der Waals surface area contributed by atoms with E-state index in [1.807, 2.05) is 0 Å². The number of aliphatic hydroxyl groups is 2. The SMILES string of the molecule is Cc1[c]([Na])c(C)c(C(=O)O)c(S(=O)(=O)O)c1C(=O)O.O=C(O)c1cccc(C(=O)O)c1.OCC1CCC(CO)CC1. The van der Waals surface area contributed by atoms with Crippen LogP contribution in [0.4, 0.5) is 0 Å².